The van der Waals surface area contributed by atoms with Crippen LogP contribution in [0, 0.1) is 0 Å². The summed E-state index contributed by atoms with van der Waals surface area (Å²) < 4.78 is 27.6. The van der Waals surface area contributed by atoms with Gasteiger partial charge < -0.3 is 0 Å². The molecule has 4 rings (SSSR count). The van der Waals surface area contributed by atoms with E-state index in [1.165, 1.54) is 45.5 Å². The second-order valence-electron chi connectivity index (χ2n) is 8.30. The molecule has 6 nitrogen and oxygen atoms in total. The Morgan fingerprint density at radius 2 is 1.63 bits per heavy atom. The van der Waals surface area contributed by atoms with Gasteiger partial charge in [0.2, 0.25) is 0 Å². The van der Waals surface area contributed by atoms with E-state index >= 15 is 0 Å². The van der Waals surface area contributed by atoms with Crippen LogP contribution in [0.25, 0.3) is 11.3 Å². The van der Waals surface area contributed by atoms with Crippen molar-refractivity contribution in [1.82, 2.24) is 4.98 Å². The van der Waals surface area contributed by atoms with E-state index < -0.39 is 10.0 Å². The zero-order valence-corrected chi connectivity index (χ0v) is 21.4. The number of anilines is 2. The van der Waals surface area contributed by atoms with Gasteiger partial charge in [0.15, 0.2) is 5.13 Å². The highest BCUT2D eigenvalue weighted by Crippen LogP contribution is 2.27. The monoisotopic (exact) mass is 505 g/mol. The van der Waals surface area contributed by atoms with Gasteiger partial charge in [-0.2, -0.15) is 0 Å². The first-order chi connectivity index (χ1) is 16.8. The second kappa shape index (κ2) is 10.4. The fourth-order valence-corrected chi connectivity index (χ4v) is 5.85. The average Bonchev–Trinajstić information content (AvgIpc) is 3.33. The standard InChI is InChI=1S/C27H27N3O3S2/c1-4-30(23-8-6-5-7-9-23)35(32,33)24-16-14-22(15-17-24)26(31)29-27-28-25(18-34-27)21-12-10-20(11-13-21)19(2)3/h5-19H,4H2,1-3H3,(H,28,29,31). The van der Waals surface area contributed by atoms with Crippen molar-refractivity contribution < 1.29 is 13.2 Å². The highest BCUT2D eigenvalue weighted by molar-refractivity contribution is 7.92. The first kappa shape index (κ1) is 24.6. The number of thiazole rings is 1. The van der Waals surface area contributed by atoms with E-state index in [0.29, 0.717) is 28.8 Å². The van der Waals surface area contributed by atoms with Crippen LogP contribution in [-0.4, -0.2) is 25.9 Å². The number of carbonyl (C=O) groups excluding carboxylic acids is 1. The van der Waals surface area contributed by atoms with Gasteiger partial charge in [0, 0.05) is 23.1 Å². The molecule has 1 heterocycles. The number of nitrogens with zero attached hydrogens (tertiary/aromatic N) is 2. The number of benzene rings is 3. The van der Waals surface area contributed by atoms with E-state index in [1.807, 2.05) is 23.6 Å². The van der Waals surface area contributed by atoms with E-state index in [4.69, 9.17) is 0 Å². The first-order valence-corrected chi connectivity index (χ1v) is 13.7. The van der Waals surface area contributed by atoms with Gasteiger partial charge in [-0.25, -0.2) is 13.4 Å². The zero-order valence-electron chi connectivity index (χ0n) is 19.8. The van der Waals surface area contributed by atoms with Crippen LogP contribution in [0.3, 0.4) is 0 Å². The molecule has 180 valence electrons. The molecule has 0 radical (unpaired) electrons. The van der Waals surface area contributed by atoms with Crippen molar-refractivity contribution in [3.63, 3.8) is 0 Å². The number of sulfonamides is 1. The van der Waals surface area contributed by atoms with Gasteiger partial charge in [-0.3, -0.25) is 14.4 Å². The number of para-hydroxylation sites is 1. The number of hydrogen-bond acceptors (Lipinski definition) is 5. The summed E-state index contributed by atoms with van der Waals surface area (Å²) in [4.78, 5) is 17.4. The van der Waals surface area contributed by atoms with Gasteiger partial charge in [-0.05, 0) is 54.8 Å². The Morgan fingerprint density at radius 3 is 2.23 bits per heavy atom. The fraction of sp³-hybridized carbons (Fsp3) is 0.185. The summed E-state index contributed by atoms with van der Waals surface area (Å²) in [7, 11) is -3.75. The van der Waals surface area contributed by atoms with Crippen LogP contribution in [0.1, 0.15) is 42.6 Å². The minimum Gasteiger partial charge on any atom is -0.298 e. The van der Waals surface area contributed by atoms with Gasteiger partial charge in [-0.15, -0.1) is 11.3 Å². The van der Waals surface area contributed by atoms with Crippen LogP contribution in [0.4, 0.5) is 10.8 Å². The van der Waals surface area contributed by atoms with Crippen LogP contribution in [-0.2, 0) is 10.0 Å². The largest absolute Gasteiger partial charge is 0.298 e. The number of rotatable bonds is 8. The minimum absolute atomic E-state index is 0.126. The quantitative estimate of drug-likeness (QED) is 0.300. The molecule has 1 amide bonds. The number of amides is 1. The molecule has 0 fully saturated rings. The van der Waals surface area contributed by atoms with Crippen LogP contribution in [0.2, 0.25) is 0 Å². The summed E-state index contributed by atoms with van der Waals surface area (Å²) in [5.74, 6) is 0.111. The topological polar surface area (TPSA) is 79.4 Å². The molecule has 1 N–H and O–H groups in total. The van der Waals surface area contributed by atoms with Gasteiger partial charge in [0.1, 0.15) is 0 Å². The molecule has 0 saturated carbocycles. The Kier molecular flexibility index (Phi) is 7.33. The van der Waals surface area contributed by atoms with Crippen molar-refractivity contribution in [3.05, 3.63) is 95.4 Å². The maximum absolute atomic E-state index is 13.1. The summed E-state index contributed by atoms with van der Waals surface area (Å²) in [5.41, 5.74) is 3.98. The van der Waals surface area contributed by atoms with Crippen molar-refractivity contribution in [3.8, 4) is 11.3 Å². The van der Waals surface area contributed by atoms with Crippen molar-refractivity contribution in [2.45, 2.75) is 31.6 Å². The predicted octanol–water partition coefficient (Wildman–Crippen LogP) is 6.40. The fourth-order valence-electron chi connectivity index (χ4n) is 3.66. The Morgan fingerprint density at radius 1 is 0.971 bits per heavy atom. The lowest BCUT2D eigenvalue weighted by Gasteiger charge is -2.22. The van der Waals surface area contributed by atoms with Crippen LogP contribution in [0.5, 0.6) is 0 Å². The molecule has 0 bridgehead atoms. The molecule has 0 saturated heterocycles. The molecule has 0 atom stereocenters. The molecule has 1 aromatic heterocycles. The summed E-state index contributed by atoms with van der Waals surface area (Å²) in [5, 5.41) is 5.19. The zero-order chi connectivity index (χ0) is 25.0. The smallest absolute Gasteiger partial charge is 0.264 e. The molecule has 8 heteroatoms. The lowest BCUT2D eigenvalue weighted by atomic mass is 10.0. The van der Waals surface area contributed by atoms with Gasteiger partial charge >= 0.3 is 0 Å². The van der Waals surface area contributed by atoms with E-state index in [9.17, 15) is 13.2 Å². The van der Waals surface area contributed by atoms with Crippen LogP contribution >= 0.6 is 11.3 Å². The highest BCUT2D eigenvalue weighted by atomic mass is 32.2. The second-order valence-corrected chi connectivity index (χ2v) is 11.0. The molecule has 0 aliphatic heterocycles. The maximum Gasteiger partial charge on any atom is 0.264 e. The van der Waals surface area contributed by atoms with Crippen LogP contribution < -0.4 is 9.62 Å². The summed E-state index contributed by atoms with van der Waals surface area (Å²) in [6.07, 6.45) is 0. The molecular formula is C27H27N3O3S2. The number of carbonyl (C=O) groups is 1. The van der Waals surface area contributed by atoms with Crippen LogP contribution in [0.15, 0.2) is 89.1 Å². The van der Waals surface area contributed by atoms with Gasteiger partial charge in [-0.1, -0.05) is 56.3 Å². The van der Waals surface area contributed by atoms with Crippen molar-refractivity contribution in [2.24, 2.45) is 0 Å². The normalized spacial score (nSPS) is 11.4. The SMILES string of the molecule is CCN(c1ccccc1)S(=O)(=O)c1ccc(C(=O)Nc2nc(-c3ccc(C(C)C)cc3)cs2)cc1. The van der Waals surface area contributed by atoms with E-state index in [2.05, 4.69) is 36.3 Å². The van der Waals surface area contributed by atoms with Crippen molar-refractivity contribution in [2.75, 3.05) is 16.2 Å². The van der Waals surface area contributed by atoms with Crippen molar-refractivity contribution >= 4 is 38.1 Å². The maximum atomic E-state index is 13.1. The third-order valence-electron chi connectivity index (χ3n) is 5.63. The number of aromatic nitrogens is 1. The lowest BCUT2D eigenvalue weighted by Crippen LogP contribution is -2.30. The minimum atomic E-state index is -3.75. The Balaban J connectivity index is 1.47. The summed E-state index contributed by atoms with van der Waals surface area (Å²) in [6.45, 7) is 6.38. The van der Waals surface area contributed by atoms with Crippen molar-refractivity contribution in [1.29, 1.82) is 0 Å². The molecule has 4 aromatic rings. The highest BCUT2D eigenvalue weighted by Gasteiger charge is 2.23. The lowest BCUT2D eigenvalue weighted by molar-refractivity contribution is 0.102. The van der Waals surface area contributed by atoms with Gasteiger partial charge in [0.25, 0.3) is 15.9 Å². The summed E-state index contributed by atoms with van der Waals surface area (Å²) >= 11 is 1.34. The summed E-state index contributed by atoms with van der Waals surface area (Å²) in [6, 6.07) is 23.1. The first-order valence-electron chi connectivity index (χ1n) is 11.3. The third kappa shape index (κ3) is 5.44. The molecule has 0 unspecified atom stereocenters. The molecule has 0 spiro atoms. The Bertz CT molecular complexity index is 1400. The molecule has 3 aromatic carbocycles. The predicted molar refractivity (Wildman–Crippen MR) is 143 cm³/mol. The molecular weight excluding hydrogens is 478 g/mol. The third-order valence-corrected chi connectivity index (χ3v) is 8.31. The van der Waals surface area contributed by atoms with Gasteiger partial charge in [0.05, 0.1) is 16.3 Å². The van der Waals surface area contributed by atoms with E-state index in [-0.39, 0.29) is 10.8 Å². The average molecular weight is 506 g/mol. The molecule has 0 aliphatic carbocycles. The van der Waals surface area contributed by atoms with E-state index in [0.717, 1.165) is 11.3 Å². The number of nitrogens with one attached hydrogen (secondary N) is 1. The Hall–Kier alpha value is -3.49. The van der Waals surface area contributed by atoms with E-state index in [1.54, 1.807) is 31.2 Å². The molecule has 35 heavy (non-hydrogen) atoms. The molecule has 0 aliphatic rings. The Labute approximate surface area is 210 Å². The number of hydrogen-bond donors (Lipinski definition) is 1.